The molecular weight excluding hydrogens is 364 g/mol. The summed E-state index contributed by atoms with van der Waals surface area (Å²) in [6.45, 7) is 1.29. The molecule has 1 unspecified atom stereocenters. The van der Waals surface area contributed by atoms with E-state index in [2.05, 4.69) is 15.3 Å². The standard InChI is InChI=1S/C19H26N4O3S/c1-26-18(24)16(9-12-27-2)22-19(25)23-10-7-13(8-11-23)17-20-14-5-3-4-6-15(14)21-17/h3-6,13,16H,7-12H2,1-2H3,(H,20,21)(H,22,25). The molecular formula is C19H26N4O3S. The van der Waals surface area contributed by atoms with Gasteiger partial charge in [0.15, 0.2) is 0 Å². The van der Waals surface area contributed by atoms with Gasteiger partial charge in [-0.1, -0.05) is 12.1 Å². The summed E-state index contributed by atoms with van der Waals surface area (Å²) in [7, 11) is 1.35. The van der Waals surface area contributed by atoms with Crippen molar-refractivity contribution in [3.05, 3.63) is 30.1 Å². The van der Waals surface area contributed by atoms with Gasteiger partial charge in [-0.2, -0.15) is 11.8 Å². The summed E-state index contributed by atoms with van der Waals surface area (Å²) in [5.41, 5.74) is 2.02. The molecule has 0 spiro atoms. The van der Waals surface area contributed by atoms with Crippen LogP contribution in [0.2, 0.25) is 0 Å². The normalized spacial score (nSPS) is 16.3. The number of esters is 1. The van der Waals surface area contributed by atoms with Gasteiger partial charge >= 0.3 is 12.0 Å². The number of aromatic nitrogens is 2. The van der Waals surface area contributed by atoms with Crippen LogP contribution in [0, 0.1) is 0 Å². The van der Waals surface area contributed by atoms with E-state index in [1.807, 2.05) is 30.5 Å². The molecule has 2 aromatic rings. The summed E-state index contributed by atoms with van der Waals surface area (Å²) >= 11 is 1.64. The zero-order chi connectivity index (χ0) is 19.2. The number of rotatable bonds is 6. The van der Waals surface area contributed by atoms with Gasteiger partial charge in [0.25, 0.3) is 0 Å². The van der Waals surface area contributed by atoms with E-state index in [1.165, 1.54) is 7.11 Å². The second kappa shape index (κ2) is 9.12. The van der Waals surface area contributed by atoms with Crippen LogP contribution in [0.3, 0.4) is 0 Å². The highest BCUT2D eigenvalue weighted by Crippen LogP contribution is 2.27. The summed E-state index contributed by atoms with van der Waals surface area (Å²) in [5.74, 6) is 1.70. The Morgan fingerprint density at radius 1 is 1.37 bits per heavy atom. The van der Waals surface area contributed by atoms with E-state index in [0.29, 0.717) is 25.4 Å². The van der Waals surface area contributed by atoms with Crippen LogP contribution in [0.4, 0.5) is 4.79 Å². The van der Waals surface area contributed by atoms with Gasteiger partial charge in [-0.25, -0.2) is 14.6 Å². The Morgan fingerprint density at radius 2 is 2.11 bits per heavy atom. The van der Waals surface area contributed by atoms with E-state index < -0.39 is 12.0 Å². The van der Waals surface area contributed by atoms with Gasteiger partial charge in [0.1, 0.15) is 11.9 Å². The highest BCUT2D eigenvalue weighted by atomic mass is 32.2. The van der Waals surface area contributed by atoms with Crippen LogP contribution in [0.25, 0.3) is 11.0 Å². The number of nitrogens with zero attached hydrogens (tertiary/aromatic N) is 2. The first-order valence-corrected chi connectivity index (χ1v) is 10.6. The molecule has 1 aromatic heterocycles. The number of carbonyl (C=O) groups is 2. The van der Waals surface area contributed by atoms with Crippen LogP contribution in [-0.4, -0.2) is 65.1 Å². The molecule has 1 aliphatic rings. The van der Waals surface area contributed by atoms with Gasteiger partial charge in [0.2, 0.25) is 0 Å². The first-order chi connectivity index (χ1) is 13.1. The molecule has 1 atom stereocenters. The average molecular weight is 391 g/mol. The Balaban J connectivity index is 1.55. The minimum absolute atomic E-state index is 0.199. The lowest BCUT2D eigenvalue weighted by molar-refractivity contribution is -0.142. The van der Waals surface area contributed by atoms with Gasteiger partial charge in [-0.15, -0.1) is 0 Å². The summed E-state index contributed by atoms with van der Waals surface area (Å²) in [5, 5.41) is 2.82. The van der Waals surface area contributed by atoms with Crippen molar-refractivity contribution in [3.8, 4) is 0 Å². The number of piperidine rings is 1. The lowest BCUT2D eigenvalue weighted by Crippen LogP contribution is -2.50. The van der Waals surface area contributed by atoms with Gasteiger partial charge in [0, 0.05) is 19.0 Å². The number of carbonyl (C=O) groups excluding carboxylic acids is 2. The minimum atomic E-state index is -0.594. The molecule has 1 saturated heterocycles. The molecule has 2 amide bonds. The average Bonchev–Trinajstić information content (AvgIpc) is 3.14. The predicted octanol–water partition coefficient (Wildman–Crippen LogP) is 2.75. The Labute approximate surface area is 163 Å². The van der Waals surface area contributed by atoms with E-state index in [9.17, 15) is 9.59 Å². The number of benzene rings is 1. The van der Waals surface area contributed by atoms with Crippen molar-refractivity contribution in [1.82, 2.24) is 20.2 Å². The molecule has 0 aliphatic carbocycles. The maximum Gasteiger partial charge on any atom is 0.328 e. The number of ether oxygens (including phenoxy) is 1. The summed E-state index contributed by atoms with van der Waals surface area (Å²) in [6, 6.07) is 7.20. The maximum atomic E-state index is 12.6. The SMILES string of the molecule is COC(=O)C(CCSC)NC(=O)N1CCC(c2nc3ccccc3[nH]2)CC1. The first kappa shape index (κ1) is 19.5. The number of para-hydroxylation sites is 2. The molecule has 0 saturated carbocycles. The van der Waals surface area contributed by atoms with E-state index in [1.54, 1.807) is 16.7 Å². The predicted molar refractivity (Wildman–Crippen MR) is 107 cm³/mol. The molecule has 1 aliphatic heterocycles. The fourth-order valence-corrected chi connectivity index (χ4v) is 3.86. The van der Waals surface area contributed by atoms with Crippen molar-refractivity contribution in [2.45, 2.75) is 31.2 Å². The van der Waals surface area contributed by atoms with Crippen molar-refractivity contribution < 1.29 is 14.3 Å². The van der Waals surface area contributed by atoms with Gasteiger partial charge < -0.3 is 19.9 Å². The second-order valence-corrected chi connectivity index (χ2v) is 7.69. The van der Waals surface area contributed by atoms with Gasteiger partial charge in [-0.05, 0) is 43.4 Å². The van der Waals surface area contributed by atoms with Crippen molar-refractivity contribution in [1.29, 1.82) is 0 Å². The largest absolute Gasteiger partial charge is 0.467 e. The van der Waals surface area contributed by atoms with Crippen LogP contribution in [0.1, 0.15) is 31.0 Å². The van der Waals surface area contributed by atoms with Crippen molar-refractivity contribution >= 4 is 34.8 Å². The van der Waals surface area contributed by atoms with E-state index >= 15 is 0 Å². The monoisotopic (exact) mass is 390 g/mol. The molecule has 2 heterocycles. The quantitative estimate of drug-likeness (QED) is 0.741. The number of hydrogen-bond donors (Lipinski definition) is 2. The summed E-state index contributed by atoms with van der Waals surface area (Å²) in [4.78, 5) is 34.3. The molecule has 1 fully saturated rings. The third kappa shape index (κ3) is 4.74. The number of nitrogens with one attached hydrogen (secondary N) is 2. The smallest absolute Gasteiger partial charge is 0.328 e. The molecule has 1 aromatic carbocycles. The number of thioether (sulfide) groups is 1. The van der Waals surface area contributed by atoms with Crippen molar-refractivity contribution in [2.24, 2.45) is 0 Å². The number of methoxy groups -OCH3 is 1. The Bertz CT molecular complexity index is 753. The third-order valence-electron chi connectivity index (χ3n) is 4.97. The number of amides is 2. The lowest BCUT2D eigenvalue weighted by atomic mass is 9.96. The maximum absolute atomic E-state index is 12.6. The Hall–Kier alpha value is -2.22. The van der Waals surface area contributed by atoms with Crippen LogP contribution in [-0.2, 0) is 9.53 Å². The van der Waals surface area contributed by atoms with E-state index in [0.717, 1.165) is 35.5 Å². The van der Waals surface area contributed by atoms with Crippen LogP contribution in [0.15, 0.2) is 24.3 Å². The lowest BCUT2D eigenvalue weighted by Gasteiger charge is -2.32. The molecule has 0 radical (unpaired) electrons. The molecule has 3 rings (SSSR count). The highest BCUT2D eigenvalue weighted by Gasteiger charge is 2.28. The summed E-state index contributed by atoms with van der Waals surface area (Å²) < 4.78 is 4.81. The van der Waals surface area contributed by atoms with Gasteiger partial charge in [-0.3, -0.25) is 0 Å². The summed E-state index contributed by atoms with van der Waals surface area (Å²) in [6.07, 6.45) is 4.23. The van der Waals surface area contributed by atoms with Gasteiger partial charge in [0.05, 0.1) is 18.1 Å². The van der Waals surface area contributed by atoms with Crippen LogP contribution in [0.5, 0.6) is 0 Å². The topological polar surface area (TPSA) is 87.3 Å². The molecule has 8 heteroatoms. The number of imidazole rings is 1. The van der Waals surface area contributed by atoms with E-state index in [4.69, 9.17) is 4.74 Å². The first-order valence-electron chi connectivity index (χ1n) is 9.19. The van der Waals surface area contributed by atoms with E-state index in [-0.39, 0.29) is 6.03 Å². The van der Waals surface area contributed by atoms with Crippen molar-refractivity contribution in [2.75, 3.05) is 32.2 Å². The van der Waals surface area contributed by atoms with Crippen LogP contribution < -0.4 is 5.32 Å². The number of aromatic amines is 1. The molecule has 7 nitrogen and oxygen atoms in total. The Morgan fingerprint density at radius 3 is 2.78 bits per heavy atom. The van der Waals surface area contributed by atoms with Crippen LogP contribution >= 0.6 is 11.8 Å². The number of hydrogen-bond acceptors (Lipinski definition) is 5. The molecule has 0 bridgehead atoms. The zero-order valence-electron chi connectivity index (χ0n) is 15.7. The molecule has 27 heavy (non-hydrogen) atoms. The number of H-pyrrole nitrogens is 1. The zero-order valence-corrected chi connectivity index (χ0v) is 16.6. The number of likely N-dealkylation sites (tertiary alicyclic amines) is 1. The number of fused-ring (bicyclic) bond motifs is 1. The fraction of sp³-hybridized carbons (Fsp3) is 0.526. The van der Waals surface area contributed by atoms with Crippen molar-refractivity contribution in [3.63, 3.8) is 0 Å². The highest BCUT2D eigenvalue weighted by molar-refractivity contribution is 7.98. The second-order valence-electron chi connectivity index (χ2n) is 6.71. The molecule has 146 valence electrons. The number of urea groups is 1. The fourth-order valence-electron chi connectivity index (χ4n) is 3.39. The third-order valence-corrected chi connectivity index (χ3v) is 5.61. The minimum Gasteiger partial charge on any atom is -0.467 e. The molecule has 2 N–H and O–H groups in total. The Kier molecular flexibility index (Phi) is 6.60.